The van der Waals surface area contributed by atoms with Crippen molar-refractivity contribution in [2.75, 3.05) is 25.6 Å². The number of anilines is 1. The summed E-state index contributed by atoms with van der Waals surface area (Å²) in [6.07, 6.45) is 1.96. The number of hydrogen-bond donors (Lipinski definition) is 2. The summed E-state index contributed by atoms with van der Waals surface area (Å²) in [4.78, 5) is 0. The Balaban J connectivity index is 2.64. The lowest BCUT2D eigenvalue weighted by molar-refractivity contribution is 0.182. The van der Waals surface area contributed by atoms with E-state index in [1.165, 1.54) is 0 Å². The average molecular weight is 257 g/mol. The van der Waals surface area contributed by atoms with E-state index < -0.39 is 0 Å². The smallest absolute Gasteiger partial charge is 0.0664 e. The van der Waals surface area contributed by atoms with E-state index in [0.717, 1.165) is 29.1 Å². The summed E-state index contributed by atoms with van der Waals surface area (Å²) in [6.45, 7) is 3.38. The number of nitrogens with two attached hydrogens (primary N) is 1. The van der Waals surface area contributed by atoms with Gasteiger partial charge in [0.25, 0.3) is 0 Å². The van der Waals surface area contributed by atoms with Crippen LogP contribution in [-0.2, 0) is 4.74 Å². The van der Waals surface area contributed by atoms with Crippen LogP contribution in [-0.4, -0.2) is 26.3 Å². The summed E-state index contributed by atoms with van der Waals surface area (Å²) >= 11 is 6.18. The van der Waals surface area contributed by atoms with Gasteiger partial charge in [0.1, 0.15) is 0 Å². The lowest BCUT2D eigenvalue weighted by Gasteiger charge is -2.19. The predicted molar refractivity (Wildman–Crippen MR) is 73.8 cm³/mol. The molecule has 0 spiro atoms. The molecule has 1 aromatic rings. The maximum atomic E-state index is 6.18. The van der Waals surface area contributed by atoms with Crippen molar-refractivity contribution in [2.24, 2.45) is 5.73 Å². The fourth-order valence-corrected chi connectivity index (χ4v) is 2.01. The third-order valence-corrected chi connectivity index (χ3v) is 2.92. The fraction of sp³-hybridized carbons (Fsp3) is 0.538. The topological polar surface area (TPSA) is 47.3 Å². The number of rotatable bonds is 7. The van der Waals surface area contributed by atoms with Crippen molar-refractivity contribution in [1.29, 1.82) is 0 Å². The van der Waals surface area contributed by atoms with Crippen LogP contribution in [0.1, 0.15) is 18.4 Å². The van der Waals surface area contributed by atoms with Crippen molar-refractivity contribution in [1.82, 2.24) is 0 Å². The van der Waals surface area contributed by atoms with E-state index in [-0.39, 0.29) is 6.04 Å². The minimum atomic E-state index is 0.253. The first-order chi connectivity index (χ1) is 8.17. The van der Waals surface area contributed by atoms with Crippen LogP contribution in [0.5, 0.6) is 0 Å². The molecule has 0 saturated carbocycles. The van der Waals surface area contributed by atoms with Crippen molar-refractivity contribution < 1.29 is 4.74 Å². The minimum Gasteiger partial charge on any atom is -0.383 e. The van der Waals surface area contributed by atoms with Gasteiger partial charge in [-0.3, -0.25) is 0 Å². The van der Waals surface area contributed by atoms with Crippen LogP contribution in [0.4, 0.5) is 5.69 Å². The summed E-state index contributed by atoms with van der Waals surface area (Å²) in [5.74, 6) is 0. The van der Waals surface area contributed by atoms with E-state index in [1.807, 2.05) is 25.1 Å². The Labute approximate surface area is 108 Å². The van der Waals surface area contributed by atoms with Crippen LogP contribution < -0.4 is 11.1 Å². The molecule has 0 aliphatic rings. The standard InChI is InChI=1S/C13H21ClN2O/c1-10-5-6-13(12(14)8-10)16-11(9-17-2)4-3-7-15/h5-6,8,11,16H,3-4,7,9,15H2,1-2H3. The number of benzene rings is 1. The molecule has 1 atom stereocenters. The van der Waals surface area contributed by atoms with Crippen molar-refractivity contribution in [2.45, 2.75) is 25.8 Å². The van der Waals surface area contributed by atoms with E-state index in [2.05, 4.69) is 5.32 Å². The second-order valence-corrected chi connectivity index (χ2v) is 4.62. The third-order valence-electron chi connectivity index (χ3n) is 2.61. The quantitative estimate of drug-likeness (QED) is 0.789. The summed E-state index contributed by atoms with van der Waals surface area (Å²) in [6, 6.07) is 6.25. The van der Waals surface area contributed by atoms with Crippen LogP contribution in [0.3, 0.4) is 0 Å². The predicted octanol–water partition coefficient (Wildman–Crippen LogP) is 2.81. The highest BCUT2D eigenvalue weighted by Gasteiger charge is 2.09. The first-order valence-corrected chi connectivity index (χ1v) is 6.27. The zero-order valence-electron chi connectivity index (χ0n) is 10.5. The highest BCUT2D eigenvalue weighted by molar-refractivity contribution is 6.33. The molecule has 0 aliphatic heterocycles. The van der Waals surface area contributed by atoms with Crippen LogP contribution >= 0.6 is 11.6 Å². The van der Waals surface area contributed by atoms with Crippen molar-refractivity contribution in [3.63, 3.8) is 0 Å². The number of hydrogen-bond acceptors (Lipinski definition) is 3. The molecule has 3 N–H and O–H groups in total. The maximum absolute atomic E-state index is 6.18. The molecule has 0 heterocycles. The Bertz CT molecular complexity index is 344. The lowest BCUT2D eigenvalue weighted by atomic mass is 10.1. The van der Waals surface area contributed by atoms with Crippen molar-refractivity contribution in [3.05, 3.63) is 28.8 Å². The van der Waals surface area contributed by atoms with Crippen molar-refractivity contribution in [3.8, 4) is 0 Å². The van der Waals surface area contributed by atoms with Gasteiger partial charge >= 0.3 is 0 Å². The second kappa shape index (κ2) is 7.54. The minimum absolute atomic E-state index is 0.253. The number of nitrogens with one attached hydrogen (secondary N) is 1. The average Bonchev–Trinajstić information content (AvgIpc) is 2.29. The molecule has 96 valence electrons. The van der Waals surface area contributed by atoms with Gasteiger partial charge in [-0.05, 0) is 44.0 Å². The highest BCUT2D eigenvalue weighted by Crippen LogP contribution is 2.24. The lowest BCUT2D eigenvalue weighted by Crippen LogP contribution is -2.26. The van der Waals surface area contributed by atoms with Crippen LogP contribution in [0.25, 0.3) is 0 Å². The molecule has 0 fully saturated rings. The maximum Gasteiger partial charge on any atom is 0.0664 e. The van der Waals surface area contributed by atoms with E-state index >= 15 is 0 Å². The van der Waals surface area contributed by atoms with Crippen LogP contribution in [0.2, 0.25) is 5.02 Å². The number of aryl methyl sites for hydroxylation is 1. The largest absolute Gasteiger partial charge is 0.383 e. The summed E-state index contributed by atoms with van der Waals surface area (Å²) in [5, 5.41) is 4.15. The molecule has 1 aromatic carbocycles. The molecule has 0 aliphatic carbocycles. The monoisotopic (exact) mass is 256 g/mol. The first kappa shape index (κ1) is 14.3. The zero-order chi connectivity index (χ0) is 12.7. The fourth-order valence-electron chi connectivity index (χ4n) is 1.72. The summed E-state index contributed by atoms with van der Waals surface area (Å²) in [7, 11) is 1.70. The van der Waals surface area contributed by atoms with Gasteiger partial charge in [0.15, 0.2) is 0 Å². The summed E-state index contributed by atoms with van der Waals surface area (Å²) < 4.78 is 5.19. The molecule has 0 bridgehead atoms. The van der Waals surface area contributed by atoms with Gasteiger partial charge in [0.05, 0.1) is 17.3 Å². The van der Waals surface area contributed by atoms with Gasteiger partial charge in [-0.1, -0.05) is 17.7 Å². The number of halogens is 1. The van der Waals surface area contributed by atoms with Gasteiger partial charge in [-0.15, -0.1) is 0 Å². The van der Waals surface area contributed by atoms with E-state index in [0.29, 0.717) is 13.2 Å². The molecule has 4 heteroatoms. The molecular weight excluding hydrogens is 236 g/mol. The molecule has 0 aromatic heterocycles. The van der Waals surface area contributed by atoms with Gasteiger partial charge in [-0.25, -0.2) is 0 Å². The van der Waals surface area contributed by atoms with Crippen molar-refractivity contribution >= 4 is 17.3 Å². The normalized spacial score (nSPS) is 12.5. The van der Waals surface area contributed by atoms with Gasteiger partial charge in [-0.2, -0.15) is 0 Å². The number of methoxy groups -OCH3 is 1. The highest BCUT2D eigenvalue weighted by atomic mass is 35.5. The van der Waals surface area contributed by atoms with Gasteiger partial charge in [0.2, 0.25) is 0 Å². The molecule has 3 nitrogen and oxygen atoms in total. The molecule has 17 heavy (non-hydrogen) atoms. The van der Waals surface area contributed by atoms with E-state index in [4.69, 9.17) is 22.1 Å². The van der Waals surface area contributed by atoms with Crippen LogP contribution in [0, 0.1) is 6.92 Å². The molecule has 0 saturated heterocycles. The Kier molecular flexibility index (Phi) is 6.34. The first-order valence-electron chi connectivity index (χ1n) is 5.89. The Hall–Kier alpha value is -0.770. The SMILES string of the molecule is COCC(CCCN)Nc1ccc(C)cc1Cl. The molecule has 1 rings (SSSR count). The van der Waals surface area contributed by atoms with Crippen LogP contribution in [0.15, 0.2) is 18.2 Å². The van der Waals surface area contributed by atoms with Gasteiger partial charge < -0.3 is 15.8 Å². The zero-order valence-corrected chi connectivity index (χ0v) is 11.3. The third kappa shape index (κ3) is 4.94. The molecule has 1 unspecified atom stereocenters. The molecular formula is C13H21ClN2O. The Morgan fingerprint density at radius 3 is 2.82 bits per heavy atom. The van der Waals surface area contributed by atoms with E-state index in [1.54, 1.807) is 7.11 Å². The van der Waals surface area contributed by atoms with E-state index in [9.17, 15) is 0 Å². The Morgan fingerprint density at radius 1 is 1.47 bits per heavy atom. The number of ether oxygens (including phenoxy) is 1. The Morgan fingerprint density at radius 2 is 2.24 bits per heavy atom. The molecule has 0 amide bonds. The molecule has 0 radical (unpaired) electrons. The van der Waals surface area contributed by atoms with Gasteiger partial charge in [0, 0.05) is 13.2 Å². The summed E-state index contributed by atoms with van der Waals surface area (Å²) in [5.41, 5.74) is 7.63. The second-order valence-electron chi connectivity index (χ2n) is 4.21.